The van der Waals surface area contributed by atoms with Gasteiger partial charge in [-0.1, -0.05) is 12.2 Å². The standard InChI is InChI=1S/C18H24IN3O5S/c1-4-28(25,26)21-12(2)18(24)22-9-5-6-13(11-22)20-17(23)15-8-7-14(27-3)10-16(15)19/h5-8,10,12-13,21H,4,9,11H2,1-3H3,(H,20,23). The van der Waals surface area contributed by atoms with E-state index in [1.807, 2.05) is 6.08 Å². The van der Waals surface area contributed by atoms with Gasteiger partial charge in [-0.25, -0.2) is 13.1 Å². The first kappa shape index (κ1) is 22.6. The fourth-order valence-electron chi connectivity index (χ4n) is 2.73. The van der Waals surface area contributed by atoms with Crippen LogP contribution in [-0.4, -0.2) is 63.2 Å². The van der Waals surface area contributed by atoms with Crippen LogP contribution in [0.3, 0.4) is 0 Å². The molecule has 1 heterocycles. The smallest absolute Gasteiger partial charge is 0.252 e. The molecule has 0 saturated heterocycles. The summed E-state index contributed by atoms with van der Waals surface area (Å²) in [6, 6.07) is 3.94. The number of methoxy groups -OCH3 is 1. The molecule has 2 rings (SSSR count). The molecule has 0 saturated carbocycles. The van der Waals surface area contributed by atoms with Gasteiger partial charge in [0.05, 0.1) is 30.5 Å². The monoisotopic (exact) mass is 521 g/mol. The van der Waals surface area contributed by atoms with Crippen LogP contribution in [0.15, 0.2) is 30.4 Å². The molecule has 1 aliphatic rings. The molecule has 0 spiro atoms. The molecule has 2 unspecified atom stereocenters. The van der Waals surface area contributed by atoms with E-state index in [0.29, 0.717) is 17.9 Å². The summed E-state index contributed by atoms with van der Waals surface area (Å²) in [7, 11) is -1.92. The maximum Gasteiger partial charge on any atom is 0.252 e. The van der Waals surface area contributed by atoms with E-state index in [1.54, 1.807) is 31.4 Å². The molecular formula is C18H24IN3O5S. The molecule has 0 radical (unpaired) electrons. The van der Waals surface area contributed by atoms with Crippen molar-refractivity contribution in [3.05, 3.63) is 39.5 Å². The molecule has 28 heavy (non-hydrogen) atoms. The van der Waals surface area contributed by atoms with Crippen molar-refractivity contribution in [1.29, 1.82) is 0 Å². The van der Waals surface area contributed by atoms with Crippen molar-refractivity contribution in [2.45, 2.75) is 25.9 Å². The Morgan fingerprint density at radius 3 is 2.71 bits per heavy atom. The first-order valence-corrected chi connectivity index (χ1v) is 11.5. The number of hydrogen-bond donors (Lipinski definition) is 2. The molecule has 1 aromatic rings. The van der Waals surface area contributed by atoms with Crippen LogP contribution in [0, 0.1) is 3.57 Å². The summed E-state index contributed by atoms with van der Waals surface area (Å²) in [5, 5.41) is 2.89. The zero-order valence-electron chi connectivity index (χ0n) is 15.9. The number of benzene rings is 1. The van der Waals surface area contributed by atoms with Gasteiger partial charge in [-0.05, 0) is 54.6 Å². The van der Waals surface area contributed by atoms with Crippen molar-refractivity contribution in [2.24, 2.45) is 0 Å². The summed E-state index contributed by atoms with van der Waals surface area (Å²) >= 11 is 2.07. The highest BCUT2D eigenvalue weighted by Gasteiger charge is 2.27. The van der Waals surface area contributed by atoms with Crippen LogP contribution >= 0.6 is 22.6 Å². The Labute approximate surface area is 178 Å². The third-order valence-electron chi connectivity index (χ3n) is 4.27. The number of nitrogens with one attached hydrogen (secondary N) is 2. The Bertz CT molecular complexity index is 872. The van der Waals surface area contributed by atoms with Gasteiger partial charge in [0.2, 0.25) is 15.9 Å². The van der Waals surface area contributed by atoms with E-state index in [0.717, 1.165) is 3.57 Å². The zero-order chi connectivity index (χ0) is 20.9. The molecule has 0 fully saturated rings. The van der Waals surface area contributed by atoms with E-state index < -0.39 is 16.1 Å². The predicted molar refractivity (Wildman–Crippen MR) is 115 cm³/mol. The minimum Gasteiger partial charge on any atom is -0.497 e. The van der Waals surface area contributed by atoms with Crippen LogP contribution < -0.4 is 14.8 Å². The fraction of sp³-hybridized carbons (Fsp3) is 0.444. The number of ether oxygens (including phenoxy) is 1. The number of rotatable bonds is 7. The maximum atomic E-state index is 12.6. The Hall–Kier alpha value is -1.66. The molecule has 2 N–H and O–H groups in total. The van der Waals surface area contributed by atoms with Crippen molar-refractivity contribution < 1.29 is 22.7 Å². The Morgan fingerprint density at radius 1 is 1.39 bits per heavy atom. The third-order valence-corrected chi connectivity index (χ3v) is 6.63. The lowest BCUT2D eigenvalue weighted by molar-refractivity contribution is -0.132. The van der Waals surface area contributed by atoms with Crippen LogP contribution in [0.2, 0.25) is 0 Å². The topological polar surface area (TPSA) is 105 Å². The second kappa shape index (κ2) is 9.70. The average Bonchev–Trinajstić information content (AvgIpc) is 2.66. The van der Waals surface area contributed by atoms with Crippen molar-refractivity contribution in [3.8, 4) is 5.75 Å². The summed E-state index contributed by atoms with van der Waals surface area (Å²) in [5.41, 5.74) is 0.516. The normalized spacial score (nSPS) is 17.9. The lowest BCUT2D eigenvalue weighted by Crippen LogP contribution is -2.53. The molecular weight excluding hydrogens is 497 g/mol. The molecule has 0 aromatic heterocycles. The van der Waals surface area contributed by atoms with Crippen LogP contribution in [0.4, 0.5) is 0 Å². The van der Waals surface area contributed by atoms with Gasteiger partial charge < -0.3 is 15.0 Å². The third kappa shape index (κ3) is 5.92. The number of hydrogen-bond acceptors (Lipinski definition) is 5. The van der Waals surface area contributed by atoms with Crippen LogP contribution in [-0.2, 0) is 14.8 Å². The highest BCUT2D eigenvalue weighted by atomic mass is 127. The van der Waals surface area contributed by atoms with Gasteiger partial charge in [-0.2, -0.15) is 0 Å². The highest BCUT2D eigenvalue weighted by molar-refractivity contribution is 14.1. The zero-order valence-corrected chi connectivity index (χ0v) is 18.9. The first-order chi connectivity index (χ1) is 13.2. The fourth-order valence-corrected chi connectivity index (χ4v) is 4.27. The number of carbonyl (C=O) groups is 2. The predicted octanol–water partition coefficient (Wildman–Crippen LogP) is 1.12. The van der Waals surface area contributed by atoms with E-state index in [9.17, 15) is 18.0 Å². The van der Waals surface area contributed by atoms with Crippen LogP contribution in [0.5, 0.6) is 5.75 Å². The number of sulfonamides is 1. The summed E-state index contributed by atoms with van der Waals surface area (Å²) in [6.45, 7) is 3.66. The van der Waals surface area contributed by atoms with Gasteiger partial charge in [-0.15, -0.1) is 0 Å². The Kier molecular flexibility index (Phi) is 7.84. The summed E-state index contributed by atoms with van der Waals surface area (Å²) < 4.78 is 31.6. The second-order valence-electron chi connectivity index (χ2n) is 6.34. The summed E-state index contributed by atoms with van der Waals surface area (Å²) in [6.07, 6.45) is 3.62. The lowest BCUT2D eigenvalue weighted by atomic mass is 10.1. The molecule has 2 amide bonds. The molecule has 2 atom stereocenters. The number of amides is 2. The average molecular weight is 521 g/mol. The van der Waals surface area contributed by atoms with Crippen molar-refractivity contribution in [1.82, 2.24) is 14.9 Å². The summed E-state index contributed by atoms with van der Waals surface area (Å²) in [5.74, 6) is -0.0156. The number of halogens is 1. The van der Waals surface area contributed by atoms with E-state index in [4.69, 9.17) is 4.74 Å². The Morgan fingerprint density at radius 2 is 2.11 bits per heavy atom. The van der Waals surface area contributed by atoms with Gasteiger partial charge in [0.25, 0.3) is 5.91 Å². The molecule has 10 heteroatoms. The molecule has 154 valence electrons. The largest absolute Gasteiger partial charge is 0.497 e. The van der Waals surface area contributed by atoms with E-state index in [1.165, 1.54) is 18.7 Å². The first-order valence-electron chi connectivity index (χ1n) is 8.76. The van der Waals surface area contributed by atoms with Gasteiger partial charge >= 0.3 is 0 Å². The van der Waals surface area contributed by atoms with E-state index in [2.05, 4.69) is 32.6 Å². The maximum absolute atomic E-state index is 12.6. The minimum atomic E-state index is -3.48. The second-order valence-corrected chi connectivity index (χ2v) is 9.54. The molecule has 1 aromatic carbocycles. The van der Waals surface area contributed by atoms with Crippen LogP contribution in [0.1, 0.15) is 24.2 Å². The van der Waals surface area contributed by atoms with E-state index >= 15 is 0 Å². The van der Waals surface area contributed by atoms with Gasteiger partial charge in [-0.3, -0.25) is 9.59 Å². The number of nitrogens with zero attached hydrogens (tertiary/aromatic N) is 1. The Balaban J connectivity index is 2.01. The van der Waals surface area contributed by atoms with Gasteiger partial charge in [0, 0.05) is 16.7 Å². The van der Waals surface area contributed by atoms with Crippen molar-refractivity contribution >= 4 is 44.4 Å². The molecule has 8 nitrogen and oxygen atoms in total. The van der Waals surface area contributed by atoms with Crippen LogP contribution in [0.25, 0.3) is 0 Å². The highest BCUT2D eigenvalue weighted by Crippen LogP contribution is 2.19. The van der Waals surface area contributed by atoms with Crippen molar-refractivity contribution in [2.75, 3.05) is 26.0 Å². The van der Waals surface area contributed by atoms with E-state index in [-0.39, 0.29) is 30.2 Å². The van der Waals surface area contributed by atoms with Gasteiger partial charge in [0.1, 0.15) is 5.75 Å². The van der Waals surface area contributed by atoms with Gasteiger partial charge in [0.15, 0.2) is 0 Å². The molecule has 0 bridgehead atoms. The SMILES string of the molecule is CCS(=O)(=O)NC(C)C(=O)N1CC=CC(NC(=O)c2ccc(OC)cc2I)C1. The minimum absolute atomic E-state index is 0.0935. The van der Waals surface area contributed by atoms with Crippen molar-refractivity contribution in [3.63, 3.8) is 0 Å². The lowest BCUT2D eigenvalue weighted by Gasteiger charge is -2.31. The number of carbonyl (C=O) groups excluding carboxylic acids is 2. The molecule has 0 aliphatic carbocycles. The quantitative estimate of drug-likeness (QED) is 0.414. The molecule has 1 aliphatic heterocycles. The summed E-state index contributed by atoms with van der Waals surface area (Å²) in [4.78, 5) is 26.7.